The molecular weight excluding hydrogens is 322 g/mol. The first kappa shape index (κ1) is 15.2. The van der Waals surface area contributed by atoms with E-state index in [0.29, 0.717) is 28.1 Å². The van der Waals surface area contributed by atoms with Gasteiger partial charge in [-0.05, 0) is 26.0 Å². The number of rotatable bonds is 4. The van der Waals surface area contributed by atoms with Crippen molar-refractivity contribution in [3.63, 3.8) is 0 Å². The standard InChI is InChI=1S/C14H12ClN5O3/c1-8-13(20(21)22)9(2)19(17-8)7-12-16-14(18-23-12)10-4-3-5-11(15)6-10/h3-6H,7H2,1-2H3. The molecule has 0 amide bonds. The third-order valence-electron chi connectivity index (χ3n) is 3.36. The molecular formula is C14H12ClN5O3. The number of nitro groups is 1. The summed E-state index contributed by atoms with van der Waals surface area (Å²) < 4.78 is 6.67. The van der Waals surface area contributed by atoms with Crippen LogP contribution >= 0.6 is 11.6 Å². The quantitative estimate of drug-likeness (QED) is 0.537. The van der Waals surface area contributed by atoms with Gasteiger partial charge < -0.3 is 4.52 Å². The Balaban J connectivity index is 1.88. The normalized spacial score (nSPS) is 10.9. The number of nitrogens with zero attached hydrogens (tertiary/aromatic N) is 5. The van der Waals surface area contributed by atoms with Gasteiger partial charge in [0.05, 0.1) is 4.92 Å². The first-order chi connectivity index (χ1) is 11.0. The molecule has 0 aliphatic heterocycles. The first-order valence-corrected chi connectivity index (χ1v) is 7.10. The summed E-state index contributed by atoms with van der Waals surface area (Å²) in [6, 6.07) is 7.08. The smallest absolute Gasteiger partial charge is 0.312 e. The first-order valence-electron chi connectivity index (χ1n) is 6.72. The van der Waals surface area contributed by atoms with E-state index in [1.54, 1.807) is 32.0 Å². The third-order valence-corrected chi connectivity index (χ3v) is 3.60. The van der Waals surface area contributed by atoms with Crippen LogP contribution in [0.4, 0.5) is 5.69 Å². The number of halogens is 1. The van der Waals surface area contributed by atoms with E-state index in [2.05, 4.69) is 15.2 Å². The molecule has 0 unspecified atom stereocenters. The van der Waals surface area contributed by atoms with Crippen molar-refractivity contribution in [3.05, 3.63) is 56.7 Å². The van der Waals surface area contributed by atoms with Crippen LogP contribution in [-0.4, -0.2) is 24.8 Å². The van der Waals surface area contributed by atoms with Crippen molar-refractivity contribution in [3.8, 4) is 11.4 Å². The molecule has 3 rings (SSSR count). The molecule has 0 aliphatic rings. The molecule has 0 N–H and O–H groups in total. The SMILES string of the molecule is Cc1nn(Cc2nc(-c3cccc(Cl)c3)no2)c(C)c1[N+](=O)[O-]. The van der Waals surface area contributed by atoms with Crippen LogP contribution in [0.3, 0.4) is 0 Å². The topological polar surface area (TPSA) is 99.9 Å². The minimum atomic E-state index is -0.445. The van der Waals surface area contributed by atoms with E-state index >= 15 is 0 Å². The molecule has 0 spiro atoms. The maximum absolute atomic E-state index is 11.0. The van der Waals surface area contributed by atoms with Crippen LogP contribution in [0, 0.1) is 24.0 Å². The van der Waals surface area contributed by atoms with Crippen molar-refractivity contribution >= 4 is 17.3 Å². The summed E-state index contributed by atoms with van der Waals surface area (Å²) >= 11 is 5.94. The molecule has 0 fully saturated rings. The van der Waals surface area contributed by atoms with Crippen LogP contribution in [0.2, 0.25) is 5.02 Å². The fourth-order valence-corrected chi connectivity index (χ4v) is 2.49. The van der Waals surface area contributed by atoms with Gasteiger partial charge in [0.15, 0.2) is 0 Å². The molecule has 0 atom stereocenters. The van der Waals surface area contributed by atoms with E-state index in [1.165, 1.54) is 4.68 Å². The van der Waals surface area contributed by atoms with E-state index in [1.807, 2.05) is 6.07 Å². The molecule has 0 radical (unpaired) electrons. The predicted octanol–water partition coefficient (Wildman–Crippen LogP) is 3.16. The zero-order chi connectivity index (χ0) is 16.6. The minimum Gasteiger partial charge on any atom is -0.337 e. The van der Waals surface area contributed by atoms with Crippen molar-refractivity contribution in [1.29, 1.82) is 0 Å². The molecule has 2 heterocycles. The molecule has 3 aromatic rings. The molecule has 23 heavy (non-hydrogen) atoms. The summed E-state index contributed by atoms with van der Waals surface area (Å²) in [5, 5.41) is 19.6. The van der Waals surface area contributed by atoms with Crippen LogP contribution in [0.15, 0.2) is 28.8 Å². The number of hydrogen-bond donors (Lipinski definition) is 0. The van der Waals surface area contributed by atoms with Gasteiger partial charge in [0.2, 0.25) is 11.7 Å². The molecule has 8 nitrogen and oxygen atoms in total. The summed E-state index contributed by atoms with van der Waals surface area (Å²) in [4.78, 5) is 14.8. The van der Waals surface area contributed by atoms with Crippen molar-refractivity contribution in [2.45, 2.75) is 20.4 Å². The highest BCUT2D eigenvalue weighted by Gasteiger charge is 2.22. The highest BCUT2D eigenvalue weighted by atomic mass is 35.5. The number of hydrogen-bond acceptors (Lipinski definition) is 6. The van der Waals surface area contributed by atoms with Crippen LogP contribution in [-0.2, 0) is 6.54 Å². The average Bonchev–Trinajstić information content (AvgIpc) is 3.05. The maximum atomic E-state index is 11.0. The van der Waals surface area contributed by atoms with Gasteiger partial charge in [0.1, 0.15) is 17.9 Å². The average molecular weight is 334 g/mol. The molecule has 2 aromatic heterocycles. The molecule has 118 valence electrons. The van der Waals surface area contributed by atoms with E-state index < -0.39 is 4.92 Å². The van der Waals surface area contributed by atoms with Gasteiger partial charge in [0, 0.05) is 10.6 Å². The monoisotopic (exact) mass is 333 g/mol. The molecule has 1 aromatic carbocycles. The fourth-order valence-electron chi connectivity index (χ4n) is 2.30. The Hall–Kier alpha value is -2.74. The van der Waals surface area contributed by atoms with E-state index in [-0.39, 0.29) is 12.2 Å². The summed E-state index contributed by atoms with van der Waals surface area (Å²) in [5.74, 6) is 0.707. The van der Waals surface area contributed by atoms with Gasteiger partial charge in [0.25, 0.3) is 0 Å². The Morgan fingerprint density at radius 3 is 2.83 bits per heavy atom. The van der Waals surface area contributed by atoms with E-state index in [4.69, 9.17) is 16.1 Å². The lowest BCUT2D eigenvalue weighted by molar-refractivity contribution is -0.386. The highest BCUT2D eigenvalue weighted by molar-refractivity contribution is 6.30. The lowest BCUT2D eigenvalue weighted by atomic mass is 10.2. The Morgan fingerprint density at radius 1 is 1.39 bits per heavy atom. The van der Waals surface area contributed by atoms with Crippen LogP contribution < -0.4 is 0 Å². The number of aryl methyl sites for hydroxylation is 1. The van der Waals surface area contributed by atoms with Crippen molar-refractivity contribution in [2.75, 3.05) is 0 Å². The van der Waals surface area contributed by atoms with E-state index in [9.17, 15) is 10.1 Å². The summed E-state index contributed by atoms with van der Waals surface area (Å²) in [7, 11) is 0. The molecule has 0 bridgehead atoms. The van der Waals surface area contributed by atoms with Crippen molar-refractivity contribution < 1.29 is 9.45 Å². The van der Waals surface area contributed by atoms with Crippen molar-refractivity contribution in [2.24, 2.45) is 0 Å². The Labute approximate surface area is 135 Å². The molecule has 0 aliphatic carbocycles. The zero-order valence-electron chi connectivity index (χ0n) is 12.4. The fraction of sp³-hybridized carbons (Fsp3) is 0.214. The lowest BCUT2D eigenvalue weighted by Crippen LogP contribution is -2.04. The van der Waals surface area contributed by atoms with Gasteiger partial charge in [-0.1, -0.05) is 28.9 Å². The van der Waals surface area contributed by atoms with Crippen LogP contribution in [0.1, 0.15) is 17.3 Å². The highest BCUT2D eigenvalue weighted by Crippen LogP contribution is 2.23. The Kier molecular flexibility index (Phi) is 3.83. The van der Waals surface area contributed by atoms with E-state index in [0.717, 1.165) is 5.56 Å². The lowest BCUT2D eigenvalue weighted by Gasteiger charge is -1.98. The summed E-state index contributed by atoms with van der Waals surface area (Å²) in [6.45, 7) is 3.38. The zero-order valence-corrected chi connectivity index (χ0v) is 13.1. The Bertz CT molecular complexity index is 886. The Morgan fingerprint density at radius 2 is 2.17 bits per heavy atom. The van der Waals surface area contributed by atoms with Gasteiger partial charge in [-0.2, -0.15) is 10.1 Å². The molecule has 9 heteroatoms. The number of benzene rings is 1. The molecule has 0 saturated carbocycles. The van der Waals surface area contributed by atoms with Gasteiger partial charge in [-0.25, -0.2) is 0 Å². The molecule has 0 saturated heterocycles. The van der Waals surface area contributed by atoms with Crippen molar-refractivity contribution in [1.82, 2.24) is 19.9 Å². The second-order valence-corrected chi connectivity index (χ2v) is 5.39. The summed E-state index contributed by atoms with van der Waals surface area (Å²) in [5.41, 5.74) is 1.52. The predicted molar refractivity (Wildman–Crippen MR) is 82.2 cm³/mol. The summed E-state index contributed by atoms with van der Waals surface area (Å²) in [6.07, 6.45) is 0. The van der Waals surface area contributed by atoms with Gasteiger partial charge >= 0.3 is 5.69 Å². The largest absolute Gasteiger partial charge is 0.337 e. The minimum absolute atomic E-state index is 0.000389. The van der Waals surface area contributed by atoms with Crippen LogP contribution in [0.5, 0.6) is 0 Å². The third kappa shape index (κ3) is 2.93. The van der Waals surface area contributed by atoms with Gasteiger partial charge in [-0.15, -0.1) is 0 Å². The second-order valence-electron chi connectivity index (χ2n) is 4.96. The second kappa shape index (κ2) is 5.81. The van der Waals surface area contributed by atoms with Crippen LogP contribution in [0.25, 0.3) is 11.4 Å². The van der Waals surface area contributed by atoms with Gasteiger partial charge in [-0.3, -0.25) is 14.8 Å². The maximum Gasteiger partial charge on any atom is 0.312 e. The number of aromatic nitrogens is 4.